The first-order valence-corrected chi connectivity index (χ1v) is 6.66. The van der Waals surface area contributed by atoms with Crippen LogP contribution in [0, 0.1) is 0 Å². The lowest BCUT2D eigenvalue weighted by Crippen LogP contribution is -2.00. The van der Waals surface area contributed by atoms with Crippen molar-refractivity contribution in [3.8, 4) is 5.75 Å². The summed E-state index contributed by atoms with van der Waals surface area (Å²) in [5, 5.41) is 1.05. The molecule has 0 aliphatic carbocycles. The van der Waals surface area contributed by atoms with Gasteiger partial charge in [-0.05, 0) is 30.5 Å². The molecule has 90 valence electrons. The normalized spacial score (nSPS) is 14.7. The van der Waals surface area contributed by atoms with E-state index in [2.05, 4.69) is 4.90 Å². The van der Waals surface area contributed by atoms with E-state index in [1.165, 1.54) is 0 Å². The average molecular weight is 249 g/mol. The Morgan fingerprint density at radius 2 is 2.00 bits per heavy atom. The number of ketones is 1. The molecular formula is C13H15NO2S. The predicted molar refractivity (Wildman–Crippen MR) is 70.5 cm³/mol. The molecule has 17 heavy (non-hydrogen) atoms. The minimum atomic E-state index is 0.0453. The van der Waals surface area contributed by atoms with Gasteiger partial charge in [0.1, 0.15) is 5.75 Å². The van der Waals surface area contributed by atoms with Gasteiger partial charge in [-0.15, -0.1) is 11.8 Å². The molecule has 3 nitrogen and oxygen atoms in total. The highest BCUT2D eigenvalue weighted by molar-refractivity contribution is 8.02. The number of hydrogen-bond acceptors (Lipinski definition) is 4. The van der Waals surface area contributed by atoms with E-state index in [0.29, 0.717) is 5.56 Å². The van der Waals surface area contributed by atoms with Crippen molar-refractivity contribution in [3.63, 3.8) is 0 Å². The van der Waals surface area contributed by atoms with E-state index >= 15 is 0 Å². The highest BCUT2D eigenvalue weighted by Gasteiger charge is 2.20. The van der Waals surface area contributed by atoms with Crippen molar-refractivity contribution < 1.29 is 9.53 Å². The Morgan fingerprint density at radius 3 is 2.47 bits per heavy atom. The van der Waals surface area contributed by atoms with Crippen LogP contribution in [0.2, 0.25) is 0 Å². The second-order valence-corrected chi connectivity index (χ2v) is 4.59. The van der Waals surface area contributed by atoms with Gasteiger partial charge in [-0.3, -0.25) is 4.79 Å². The molecule has 1 fully saturated rings. The zero-order valence-corrected chi connectivity index (χ0v) is 10.8. The fourth-order valence-electron chi connectivity index (χ4n) is 1.50. The van der Waals surface area contributed by atoms with Crippen LogP contribution in [-0.4, -0.2) is 37.1 Å². The molecule has 0 spiro atoms. The fourth-order valence-corrected chi connectivity index (χ4v) is 2.17. The molecule has 1 aliphatic heterocycles. The maximum Gasteiger partial charge on any atom is 0.188 e. The number of ether oxygens (including phenoxy) is 1. The van der Waals surface area contributed by atoms with Crippen LogP contribution in [0.5, 0.6) is 5.75 Å². The van der Waals surface area contributed by atoms with Gasteiger partial charge in [0.15, 0.2) is 5.78 Å². The summed E-state index contributed by atoms with van der Waals surface area (Å²) in [5.41, 5.74) is 0.694. The fraction of sp³-hybridized carbons (Fsp3) is 0.308. The van der Waals surface area contributed by atoms with Crippen LogP contribution in [0.4, 0.5) is 0 Å². The van der Waals surface area contributed by atoms with Crippen LogP contribution < -0.4 is 4.74 Å². The van der Waals surface area contributed by atoms with Crippen molar-refractivity contribution >= 4 is 17.5 Å². The van der Waals surface area contributed by atoms with Gasteiger partial charge < -0.3 is 9.64 Å². The molecule has 1 aliphatic rings. The van der Waals surface area contributed by atoms with Crippen LogP contribution >= 0.6 is 11.8 Å². The lowest BCUT2D eigenvalue weighted by atomic mass is 10.1. The number of methoxy groups -OCH3 is 1. The van der Waals surface area contributed by atoms with Crippen molar-refractivity contribution in [2.45, 2.75) is 0 Å². The third-order valence-corrected chi connectivity index (χ3v) is 3.39. The van der Waals surface area contributed by atoms with Gasteiger partial charge in [0.05, 0.1) is 12.1 Å². The molecule has 0 amide bonds. The summed E-state index contributed by atoms with van der Waals surface area (Å²) >= 11 is 1.61. The van der Waals surface area contributed by atoms with Crippen LogP contribution in [0.1, 0.15) is 10.4 Å². The Morgan fingerprint density at radius 1 is 1.35 bits per heavy atom. The summed E-state index contributed by atoms with van der Waals surface area (Å²) in [6.07, 6.45) is 3.70. The molecule has 1 aromatic carbocycles. The largest absolute Gasteiger partial charge is 0.497 e. The van der Waals surface area contributed by atoms with Crippen molar-refractivity contribution in [1.82, 2.24) is 4.90 Å². The zero-order valence-electron chi connectivity index (χ0n) is 9.97. The average Bonchev–Trinajstić information content (AvgIpc) is 3.20. The van der Waals surface area contributed by atoms with E-state index in [1.54, 1.807) is 49.2 Å². The van der Waals surface area contributed by atoms with E-state index in [0.717, 1.165) is 23.9 Å². The molecule has 0 aromatic heterocycles. The Hall–Kier alpha value is -1.42. The van der Waals surface area contributed by atoms with Crippen molar-refractivity contribution in [2.75, 3.05) is 26.5 Å². The zero-order chi connectivity index (χ0) is 12.3. The molecular weight excluding hydrogens is 234 g/mol. The van der Waals surface area contributed by atoms with Gasteiger partial charge >= 0.3 is 0 Å². The van der Waals surface area contributed by atoms with Gasteiger partial charge in [0, 0.05) is 24.7 Å². The highest BCUT2D eigenvalue weighted by atomic mass is 32.2. The molecule has 0 atom stereocenters. The smallest absolute Gasteiger partial charge is 0.188 e. The van der Waals surface area contributed by atoms with Crippen molar-refractivity contribution in [1.29, 1.82) is 0 Å². The van der Waals surface area contributed by atoms with Crippen LogP contribution in [0.25, 0.3) is 0 Å². The summed E-state index contributed by atoms with van der Waals surface area (Å²) in [6, 6.07) is 7.18. The molecule has 1 saturated heterocycles. The molecule has 4 heteroatoms. The van der Waals surface area contributed by atoms with E-state index in [9.17, 15) is 4.79 Å². The van der Waals surface area contributed by atoms with Gasteiger partial charge in [-0.1, -0.05) is 0 Å². The minimum absolute atomic E-state index is 0.0453. The van der Waals surface area contributed by atoms with Gasteiger partial charge in [0.25, 0.3) is 0 Å². The van der Waals surface area contributed by atoms with E-state index in [4.69, 9.17) is 4.74 Å². The first-order valence-electron chi connectivity index (χ1n) is 5.43. The summed E-state index contributed by atoms with van der Waals surface area (Å²) in [7, 11) is 1.61. The number of carbonyl (C=O) groups is 1. The molecule has 0 unspecified atom stereocenters. The van der Waals surface area contributed by atoms with Crippen molar-refractivity contribution in [2.24, 2.45) is 0 Å². The SMILES string of the molecule is COc1ccc(C(=O)/C=C(\SC)N2CC2)cc1. The summed E-state index contributed by atoms with van der Waals surface area (Å²) in [6.45, 7) is 2.12. The molecule has 0 saturated carbocycles. The lowest BCUT2D eigenvalue weighted by Gasteiger charge is -2.05. The topological polar surface area (TPSA) is 29.3 Å². The van der Waals surface area contributed by atoms with Crippen LogP contribution in [-0.2, 0) is 0 Å². The predicted octanol–water partition coefficient (Wildman–Crippen LogP) is 2.40. The molecule has 0 N–H and O–H groups in total. The molecule has 0 bridgehead atoms. The standard InChI is InChI=1S/C13H15NO2S/c1-16-11-5-3-10(4-6-11)12(15)9-13(17-2)14-7-8-14/h3-6,9H,7-8H2,1-2H3/b13-9-. The number of carbonyl (C=O) groups excluding carboxylic acids is 1. The minimum Gasteiger partial charge on any atom is -0.497 e. The highest BCUT2D eigenvalue weighted by Crippen LogP contribution is 2.24. The van der Waals surface area contributed by atoms with E-state index in [1.807, 2.05) is 6.26 Å². The third kappa shape index (κ3) is 3.03. The summed E-state index contributed by atoms with van der Waals surface area (Å²) in [4.78, 5) is 14.2. The monoisotopic (exact) mass is 249 g/mol. The molecule has 1 heterocycles. The molecule has 2 rings (SSSR count). The van der Waals surface area contributed by atoms with Gasteiger partial charge in [-0.2, -0.15) is 0 Å². The lowest BCUT2D eigenvalue weighted by molar-refractivity contribution is 0.104. The number of hydrogen-bond donors (Lipinski definition) is 0. The number of benzene rings is 1. The third-order valence-electron chi connectivity index (χ3n) is 2.60. The van der Waals surface area contributed by atoms with Crippen LogP contribution in [0.3, 0.4) is 0 Å². The maximum atomic E-state index is 12.0. The Kier molecular flexibility index (Phi) is 3.74. The Balaban J connectivity index is 2.12. The van der Waals surface area contributed by atoms with Crippen LogP contribution in [0.15, 0.2) is 35.4 Å². The second-order valence-electron chi connectivity index (χ2n) is 3.77. The van der Waals surface area contributed by atoms with Crippen molar-refractivity contribution in [3.05, 3.63) is 40.9 Å². The number of rotatable bonds is 5. The van der Waals surface area contributed by atoms with Gasteiger partial charge in [-0.25, -0.2) is 0 Å². The first-order chi connectivity index (χ1) is 8.24. The summed E-state index contributed by atoms with van der Waals surface area (Å²) in [5.74, 6) is 0.811. The second kappa shape index (κ2) is 5.27. The van der Waals surface area contributed by atoms with Gasteiger partial charge in [0.2, 0.25) is 0 Å². The number of allylic oxidation sites excluding steroid dienone is 1. The molecule has 0 radical (unpaired) electrons. The first kappa shape index (κ1) is 12.0. The number of nitrogens with zero attached hydrogens (tertiary/aromatic N) is 1. The van der Waals surface area contributed by atoms with E-state index < -0.39 is 0 Å². The Bertz CT molecular complexity index is 435. The number of thioether (sulfide) groups is 1. The summed E-state index contributed by atoms with van der Waals surface area (Å²) < 4.78 is 5.06. The van der Waals surface area contributed by atoms with E-state index in [-0.39, 0.29) is 5.78 Å². The Labute approximate surface area is 105 Å². The maximum absolute atomic E-state index is 12.0. The quantitative estimate of drug-likeness (QED) is 0.455. The molecule has 1 aromatic rings.